The maximum atomic E-state index is 11.3. The average Bonchev–Trinajstić information content (AvgIpc) is 2.99. The first-order valence-electron chi connectivity index (χ1n) is 7.62. The second-order valence-electron chi connectivity index (χ2n) is 5.75. The first-order chi connectivity index (χ1) is 10.7. The molecule has 0 spiro atoms. The molecule has 0 saturated carbocycles. The van der Waals surface area contributed by atoms with Gasteiger partial charge in [0.2, 0.25) is 5.91 Å². The van der Waals surface area contributed by atoms with Crippen LogP contribution >= 0.6 is 0 Å². The van der Waals surface area contributed by atoms with Crippen LogP contribution in [0.4, 0.5) is 5.69 Å². The zero-order valence-corrected chi connectivity index (χ0v) is 13.1. The molecule has 0 unspecified atom stereocenters. The maximum absolute atomic E-state index is 11.3. The van der Waals surface area contributed by atoms with Gasteiger partial charge in [-0.15, -0.1) is 0 Å². The summed E-state index contributed by atoms with van der Waals surface area (Å²) in [6.07, 6.45) is 4.49. The fraction of sp³-hybridized carbons (Fsp3) is 0.412. The van der Waals surface area contributed by atoms with Gasteiger partial charge < -0.3 is 10.1 Å². The molecule has 0 aliphatic carbocycles. The van der Waals surface area contributed by atoms with E-state index in [4.69, 9.17) is 4.74 Å². The first-order valence-corrected chi connectivity index (χ1v) is 7.62. The lowest BCUT2D eigenvalue weighted by molar-refractivity contribution is -0.114. The predicted octanol–water partition coefficient (Wildman–Crippen LogP) is 2.80. The van der Waals surface area contributed by atoms with Crippen LogP contribution in [-0.4, -0.2) is 36.0 Å². The van der Waals surface area contributed by atoms with E-state index in [-0.39, 0.29) is 5.91 Å². The van der Waals surface area contributed by atoms with Gasteiger partial charge in [0.1, 0.15) is 5.75 Å². The summed E-state index contributed by atoms with van der Waals surface area (Å²) in [5, 5.41) is 3.81. The molecule has 2 heterocycles. The van der Waals surface area contributed by atoms with E-state index >= 15 is 0 Å². The molecule has 0 bridgehead atoms. The van der Waals surface area contributed by atoms with Gasteiger partial charge in [-0.05, 0) is 49.7 Å². The number of anilines is 1. The number of hydrogen-bond acceptors (Lipinski definition) is 4. The summed E-state index contributed by atoms with van der Waals surface area (Å²) in [4.78, 5) is 18.3. The number of amides is 1. The number of carbonyl (C=O) groups excluding carboxylic acids is 1. The monoisotopic (exact) mass is 299 g/mol. The van der Waals surface area contributed by atoms with Gasteiger partial charge in [0.15, 0.2) is 0 Å². The van der Waals surface area contributed by atoms with E-state index in [0.29, 0.717) is 11.4 Å². The van der Waals surface area contributed by atoms with Crippen LogP contribution in [0.25, 0.3) is 10.9 Å². The number of benzene rings is 1. The Labute approximate surface area is 130 Å². The third kappa shape index (κ3) is 3.20. The Morgan fingerprint density at radius 3 is 2.77 bits per heavy atom. The van der Waals surface area contributed by atoms with E-state index in [2.05, 4.69) is 21.3 Å². The van der Waals surface area contributed by atoms with E-state index < -0.39 is 0 Å². The second kappa shape index (κ2) is 6.32. The van der Waals surface area contributed by atoms with E-state index in [1.165, 1.54) is 38.4 Å². The van der Waals surface area contributed by atoms with Crippen molar-refractivity contribution in [1.29, 1.82) is 0 Å². The van der Waals surface area contributed by atoms with Crippen molar-refractivity contribution in [1.82, 2.24) is 9.88 Å². The molecule has 1 saturated heterocycles. The van der Waals surface area contributed by atoms with Crippen LogP contribution in [0.15, 0.2) is 24.4 Å². The molecule has 1 aromatic heterocycles. The fourth-order valence-electron chi connectivity index (χ4n) is 2.94. The molecule has 1 aliphatic heterocycles. The van der Waals surface area contributed by atoms with Crippen LogP contribution in [0.2, 0.25) is 0 Å². The lowest BCUT2D eigenvalue weighted by Gasteiger charge is -2.15. The Morgan fingerprint density at radius 2 is 2.09 bits per heavy atom. The van der Waals surface area contributed by atoms with Crippen LogP contribution in [0.3, 0.4) is 0 Å². The fourth-order valence-corrected chi connectivity index (χ4v) is 2.94. The number of aromatic nitrogens is 1. The van der Waals surface area contributed by atoms with E-state index in [0.717, 1.165) is 17.4 Å². The number of fused-ring (bicyclic) bond motifs is 1. The molecule has 1 aliphatic rings. The molecular weight excluding hydrogens is 278 g/mol. The number of nitrogens with zero attached hydrogens (tertiary/aromatic N) is 2. The zero-order valence-electron chi connectivity index (χ0n) is 13.1. The minimum absolute atomic E-state index is 0.122. The summed E-state index contributed by atoms with van der Waals surface area (Å²) in [5.41, 5.74) is 2.72. The number of likely N-dealkylation sites (tertiary alicyclic amines) is 1. The number of rotatable bonds is 4. The van der Waals surface area contributed by atoms with Crippen molar-refractivity contribution in [2.75, 3.05) is 25.5 Å². The summed E-state index contributed by atoms with van der Waals surface area (Å²) in [6, 6.07) is 5.94. The van der Waals surface area contributed by atoms with Crippen LogP contribution in [0.5, 0.6) is 5.75 Å². The maximum Gasteiger partial charge on any atom is 0.221 e. The number of ether oxygens (including phenoxy) is 1. The number of nitrogens with one attached hydrogen (secondary N) is 1. The largest absolute Gasteiger partial charge is 0.495 e. The van der Waals surface area contributed by atoms with Crippen molar-refractivity contribution >= 4 is 22.5 Å². The summed E-state index contributed by atoms with van der Waals surface area (Å²) < 4.78 is 5.37. The Morgan fingerprint density at radius 1 is 1.32 bits per heavy atom. The number of hydrogen-bond donors (Lipinski definition) is 1. The molecule has 0 atom stereocenters. The van der Waals surface area contributed by atoms with Crippen LogP contribution in [0, 0.1) is 0 Å². The number of pyridine rings is 1. The summed E-state index contributed by atoms with van der Waals surface area (Å²) in [5.74, 6) is 0.533. The Bertz CT molecular complexity index is 694. The summed E-state index contributed by atoms with van der Waals surface area (Å²) >= 11 is 0. The predicted molar refractivity (Wildman–Crippen MR) is 87.1 cm³/mol. The second-order valence-corrected chi connectivity index (χ2v) is 5.75. The lowest BCUT2D eigenvalue weighted by atomic mass is 10.1. The molecule has 1 fully saturated rings. The van der Waals surface area contributed by atoms with Gasteiger partial charge in [-0.2, -0.15) is 0 Å². The lowest BCUT2D eigenvalue weighted by Crippen LogP contribution is -2.18. The van der Waals surface area contributed by atoms with Gasteiger partial charge >= 0.3 is 0 Å². The van der Waals surface area contributed by atoms with Gasteiger partial charge in [-0.3, -0.25) is 14.7 Å². The van der Waals surface area contributed by atoms with Crippen molar-refractivity contribution in [3.8, 4) is 5.75 Å². The van der Waals surface area contributed by atoms with Crippen LogP contribution < -0.4 is 10.1 Å². The molecule has 1 amide bonds. The molecule has 5 nitrogen and oxygen atoms in total. The molecule has 2 aromatic rings. The van der Waals surface area contributed by atoms with Crippen LogP contribution in [-0.2, 0) is 11.3 Å². The van der Waals surface area contributed by atoms with Crippen molar-refractivity contribution < 1.29 is 9.53 Å². The van der Waals surface area contributed by atoms with Crippen LogP contribution in [0.1, 0.15) is 25.3 Å². The third-order valence-electron chi connectivity index (χ3n) is 3.97. The third-order valence-corrected chi connectivity index (χ3v) is 3.97. The molecule has 22 heavy (non-hydrogen) atoms. The molecule has 116 valence electrons. The smallest absolute Gasteiger partial charge is 0.221 e. The molecule has 3 rings (SSSR count). The van der Waals surface area contributed by atoms with Crippen molar-refractivity contribution in [3.05, 3.63) is 30.0 Å². The number of methoxy groups -OCH3 is 1. The summed E-state index contributed by atoms with van der Waals surface area (Å²) in [6.45, 7) is 4.76. The highest BCUT2D eigenvalue weighted by molar-refractivity contribution is 5.94. The van der Waals surface area contributed by atoms with Crippen molar-refractivity contribution in [2.24, 2.45) is 0 Å². The van der Waals surface area contributed by atoms with E-state index in [1.807, 2.05) is 18.3 Å². The minimum atomic E-state index is -0.122. The molecule has 5 heteroatoms. The number of carbonyl (C=O) groups is 1. The van der Waals surface area contributed by atoms with Crippen molar-refractivity contribution in [2.45, 2.75) is 26.3 Å². The Hall–Kier alpha value is -2.14. The normalized spacial score (nSPS) is 15.2. The van der Waals surface area contributed by atoms with Gasteiger partial charge in [0, 0.05) is 25.1 Å². The Balaban J connectivity index is 1.92. The van der Waals surface area contributed by atoms with E-state index in [1.54, 1.807) is 7.11 Å². The van der Waals surface area contributed by atoms with Gasteiger partial charge in [0.05, 0.1) is 18.3 Å². The first kappa shape index (κ1) is 14.8. The molecule has 0 radical (unpaired) electrons. The average molecular weight is 299 g/mol. The summed E-state index contributed by atoms with van der Waals surface area (Å²) in [7, 11) is 1.61. The quantitative estimate of drug-likeness (QED) is 0.943. The minimum Gasteiger partial charge on any atom is -0.495 e. The SMILES string of the molecule is COc1cc2cc(CN3CCCC3)cnc2cc1NC(C)=O. The Kier molecular flexibility index (Phi) is 4.24. The molecule has 1 N–H and O–H groups in total. The highest BCUT2D eigenvalue weighted by atomic mass is 16.5. The van der Waals surface area contributed by atoms with Gasteiger partial charge in [0.25, 0.3) is 0 Å². The highest BCUT2D eigenvalue weighted by Crippen LogP contribution is 2.30. The van der Waals surface area contributed by atoms with Crippen molar-refractivity contribution in [3.63, 3.8) is 0 Å². The standard InChI is InChI=1S/C17H21N3O2/c1-12(21)19-16-9-15-14(8-17(16)22-2)7-13(10-18-15)11-20-5-3-4-6-20/h7-10H,3-6,11H2,1-2H3,(H,19,21). The van der Waals surface area contributed by atoms with E-state index in [9.17, 15) is 4.79 Å². The van der Waals surface area contributed by atoms with Gasteiger partial charge in [-0.25, -0.2) is 0 Å². The van der Waals surface area contributed by atoms with Gasteiger partial charge in [-0.1, -0.05) is 0 Å². The highest BCUT2D eigenvalue weighted by Gasteiger charge is 2.13. The topological polar surface area (TPSA) is 54.5 Å². The molecule has 1 aromatic carbocycles. The molecular formula is C17H21N3O2. The zero-order chi connectivity index (χ0) is 15.5.